The van der Waals surface area contributed by atoms with Crippen LogP contribution in [0.25, 0.3) is 0 Å². The smallest absolute Gasteiger partial charge is 0.410 e. The van der Waals surface area contributed by atoms with Gasteiger partial charge in [-0.25, -0.2) is 4.79 Å². The van der Waals surface area contributed by atoms with Gasteiger partial charge in [0.2, 0.25) is 0 Å². The van der Waals surface area contributed by atoms with Gasteiger partial charge in [-0.1, -0.05) is 17.7 Å². The van der Waals surface area contributed by atoms with Gasteiger partial charge in [0, 0.05) is 18.1 Å². The van der Waals surface area contributed by atoms with E-state index >= 15 is 0 Å². The number of carbonyl (C=O) groups is 3. The molecule has 2 aliphatic rings. The van der Waals surface area contributed by atoms with E-state index in [1.54, 1.807) is 35.2 Å². The Morgan fingerprint density at radius 1 is 1.20 bits per heavy atom. The maximum atomic E-state index is 13.0. The number of likely N-dealkylation sites (tertiary alicyclic amines) is 1. The second-order valence-corrected chi connectivity index (χ2v) is 9.08. The molecular formula is C21H24ClN3O4S. The number of anilines is 1. The van der Waals surface area contributed by atoms with Crippen LogP contribution in [0.2, 0.25) is 5.02 Å². The fourth-order valence-corrected chi connectivity index (χ4v) is 3.72. The molecule has 160 valence electrons. The Morgan fingerprint density at radius 3 is 2.37 bits per heavy atom. The summed E-state index contributed by atoms with van der Waals surface area (Å²) in [5.41, 5.74) is 0.0285. The average molecular weight is 450 g/mol. The molecule has 1 N–H and O–H groups in total. The number of benzene rings is 1. The Bertz CT molecular complexity index is 900. The van der Waals surface area contributed by atoms with Crippen LogP contribution in [0, 0.1) is 5.92 Å². The lowest BCUT2D eigenvalue weighted by Crippen LogP contribution is -2.54. The van der Waals surface area contributed by atoms with Crippen LogP contribution in [0.5, 0.6) is 0 Å². The summed E-state index contributed by atoms with van der Waals surface area (Å²) in [5.74, 6) is -0.988. The molecule has 0 atom stereocenters. The summed E-state index contributed by atoms with van der Waals surface area (Å²) >= 11 is 11.1. The molecule has 0 radical (unpaired) electrons. The molecule has 0 saturated carbocycles. The molecule has 3 amide bonds. The Balaban J connectivity index is 1.71. The van der Waals surface area contributed by atoms with Crippen LogP contribution in [-0.2, 0) is 14.3 Å². The highest BCUT2D eigenvalue weighted by Crippen LogP contribution is 2.26. The van der Waals surface area contributed by atoms with Gasteiger partial charge in [-0.2, -0.15) is 0 Å². The fourth-order valence-electron chi connectivity index (χ4n) is 3.31. The first-order valence-corrected chi connectivity index (χ1v) is 10.5. The minimum atomic E-state index is -0.550. The lowest BCUT2D eigenvalue weighted by atomic mass is 9.93. The lowest BCUT2D eigenvalue weighted by molar-refractivity contribution is -0.122. The molecule has 1 aromatic carbocycles. The van der Waals surface area contributed by atoms with Gasteiger partial charge in [0.15, 0.2) is 5.11 Å². The zero-order valence-corrected chi connectivity index (χ0v) is 18.7. The first-order valence-electron chi connectivity index (χ1n) is 9.70. The van der Waals surface area contributed by atoms with Crippen molar-refractivity contribution >= 4 is 52.5 Å². The van der Waals surface area contributed by atoms with Crippen molar-refractivity contribution in [1.29, 1.82) is 0 Å². The van der Waals surface area contributed by atoms with Gasteiger partial charge in [0.25, 0.3) is 11.8 Å². The predicted octanol–water partition coefficient (Wildman–Crippen LogP) is 3.66. The number of thiocarbonyl (C=S) groups is 1. The van der Waals surface area contributed by atoms with E-state index in [4.69, 9.17) is 28.6 Å². The molecule has 0 aromatic heterocycles. The number of halogens is 1. The summed E-state index contributed by atoms with van der Waals surface area (Å²) in [4.78, 5) is 40.6. The summed E-state index contributed by atoms with van der Waals surface area (Å²) < 4.78 is 5.40. The number of nitrogens with zero attached hydrogens (tertiary/aromatic N) is 2. The number of hydrogen-bond acceptors (Lipinski definition) is 5. The molecule has 1 aromatic rings. The van der Waals surface area contributed by atoms with Crippen LogP contribution in [-0.4, -0.2) is 46.6 Å². The topological polar surface area (TPSA) is 79.0 Å². The van der Waals surface area contributed by atoms with Crippen LogP contribution in [0.4, 0.5) is 10.5 Å². The van der Waals surface area contributed by atoms with E-state index in [1.807, 2.05) is 20.8 Å². The Labute approximate surface area is 186 Å². The van der Waals surface area contributed by atoms with Crippen molar-refractivity contribution in [3.8, 4) is 0 Å². The van der Waals surface area contributed by atoms with E-state index in [9.17, 15) is 14.4 Å². The predicted molar refractivity (Wildman–Crippen MR) is 118 cm³/mol. The van der Waals surface area contributed by atoms with Crippen molar-refractivity contribution < 1.29 is 19.1 Å². The second kappa shape index (κ2) is 8.73. The molecule has 30 heavy (non-hydrogen) atoms. The summed E-state index contributed by atoms with van der Waals surface area (Å²) in [6, 6.07) is 6.64. The average Bonchev–Trinajstić information content (AvgIpc) is 2.65. The van der Waals surface area contributed by atoms with Gasteiger partial charge in [0.1, 0.15) is 11.2 Å². The van der Waals surface area contributed by atoms with Gasteiger partial charge in [-0.15, -0.1) is 0 Å². The third-order valence-electron chi connectivity index (χ3n) is 4.78. The van der Waals surface area contributed by atoms with E-state index in [0.29, 0.717) is 36.6 Å². The number of amides is 3. The minimum Gasteiger partial charge on any atom is -0.444 e. The van der Waals surface area contributed by atoms with Gasteiger partial charge >= 0.3 is 6.09 Å². The number of ether oxygens (including phenoxy) is 1. The van der Waals surface area contributed by atoms with Crippen LogP contribution in [0.3, 0.4) is 0 Å². The number of rotatable bonds is 2. The maximum Gasteiger partial charge on any atom is 0.410 e. The van der Waals surface area contributed by atoms with E-state index < -0.39 is 17.4 Å². The summed E-state index contributed by atoms with van der Waals surface area (Å²) in [5, 5.41) is 3.14. The maximum absolute atomic E-state index is 13.0. The summed E-state index contributed by atoms with van der Waals surface area (Å²) in [7, 11) is 0. The Kier molecular flexibility index (Phi) is 6.47. The molecule has 2 fully saturated rings. The zero-order chi connectivity index (χ0) is 22.1. The van der Waals surface area contributed by atoms with Crippen molar-refractivity contribution in [1.82, 2.24) is 10.2 Å². The van der Waals surface area contributed by atoms with Crippen LogP contribution in [0.15, 0.2) is 35.9 Å². The van der Waals surface area contributed by atoms with E-state index in [0.717, 1.165) is 0 Å². The molecule has 9 heteroatoms. The Morgan fingerprint density at radius 2 is 1.80 bits per heavy atom. The molecule has 7 nitrogen and oxygen atoms in total. The normalized spacial score (nSPS) is 19.9. The third-order valence-corrected chi connectivity index (χ3v) is 5.32. The van der Waals surface area contributed by atoms with Gasteiger partial charge in [0.05, 0.1) is 5.69 Å². The highest BCUT2D eigenvalue weighted by Gasteiger charge is 2.35. The highest BCUT2D eigenvalue weighted by atomic mass is 35.5. The van der Waals surface area contributed by atoms with E-state index in [2.05, 4.69) is 5.32 Å². The van der Waals surface area contributed by atoms with Crippen LogP contribution in [0.1, 0.15) is 33.6 Å². The van der Waals surface area contributed by atoms with Crippen molar-refractivity contribution in [3.05, 3.63) is 40.9 Å². The quantitative estimate of drug-likeness (QED) is 0.423. The lowest BCUT2D eigenvalue weighted by Gasteiger charge is -2.33. The monoisotopic (exact) mass is 449 g/mol. The van der Waals surface area contributed by atoms with E-state index in [1.165, 1.54) is 4.90 Å². The molecule has 0 bridgehead atoms. The van der Waals surface area contributed by atoms with Gasteiger partial charge in [-0.05, 0) is 76.0 Å². The standard InChI is InChI=1S/C21H24ClN3O4S/c1-21(2,3)29-20(28)24-10-8-13(9-11-24)12-16-17(26)23-19(30)25(18(16)27)15-6-4-14(22)5-7-15/h4-7,12-13H,8-11H2,1-3H3,(H,23,26,30)/b16-12-. The number of hydrogen-bond donors (Lipinski definition) is 1. The van der Waals surface area contributed by atoms with Gasteiger partial charge in [-0.3, -0.25) is 19.8 Å². The third kappa shape index (κ3) is 5.17. The number of piperidine rings is 1. The molecule has 0 aliphatic carbocycles. The SMILES string of the molecule is CC(C)(C)OC(=O)N1CCC(/C=C2/C(=O)NC(=S)N(c3ccc(Cl)cc3)C2=O)CC1. The van der Waals surface area contributed by atoms with Crippen LogP contribution >= 0.6 is 23.8 Å². The zero-order valence-electron chi connectivity index (χ0n) is 17.1. The molecule has 0 unspecified atom stereocenters. The molecule has 2 aliphatic heterocycles. The minimum absolute atomic E-state index is 0.00729. The fraction of sp³-hybridized carbons (Fsp3) is 0.429. The second-order valence-electron chi connectivity index (χ2n) is 8.26. The number of allylic oxidation sites excluding steroid dienone is 1. The molecule has 3 rings (SSSR count). The summed E-state index contributed by atoms with van der Waals surface area (Å²) in [6.07, 6.45) is 2.61. The first-order chi connectivity index (χ1) is 14.0. The number of nitrogens with one attached hydrogen (secondary N) is 1. The van der Waals surface area contributed by atoms with Crippen molar-refractivity contribution in [3.63, 3.8) is 0 Å². The van der Waals surface area contributed by atoms with Gasteiger partial charge < -0.3 is 9.64 Å². The van der Waals surface area contributed by atoms with E-state index in [-0.39, 0.29) is 22.7 Å². The molecule has 2 heterocycles. The molecule has 0 spiro atoms. The van der Waals surface area contributed by atoms with Crippen molar-refractivity contribution in [2.75, 3.05) is 18.0 Å². The Hall–Kier alpha value is -2.45. The highest BCUT2D eigenvalue weighted by molar-refractivity contribution is 7.80. The number of carbonyl (C=O) groups excluding carboxylic acids is 3. The van der Waals surface area contributed by atoms with Crippen LogP contribution < -0.4 is 10.2 Å². The largest absolute Gasteiger partial charge is 0.444 e. The first kappa shape index (κ1) is 22.2. The molecule has 2 saturated heterocycles. The van der Waals surface area contributed by atoms with Crippen molar-refractivity contribution in [2.45, 2.75) is 39.2 Å². The molecular weight excluding hydrogens is 426 g/mol. The van der Waals surface area contributed by atoms with Crippen molar-refractivity contribution in [2.24, 2.45) is 5.92 Å². The summed E-state index contributed by atoms with van der Waals surface area (Å²) in [6.45, 7) is 6.47.